The molecule has 27 heavy (non-hydrogen) atoms. The molecule has 0 radical (unpaired) electrons. The molecule has 1 rings (SSSR count). The number of ether oxygens (including phenoxy) is 1. The van der Waals surface area contributed by atoms with Gasteiger partial charge < -0.3 is 9.29 Å². The predicted molar refractivity (Wildman–Crippen MR) is 96.3 cm³/mol. The van der Waals surface area contributed by atoms with Crippen molar-refractivity contribution in [1.29, 1.82) is 0 Å². The molecule has 0 fully saturated rings. The normalized spacial score (nSPS) is 13.7. The largest absolute Gasteiger partial charge is 0.611 e. The molecule has 12 heteroatoms. The third-order valence-corrected chi connectivity index (χ3v) is 6.05. The Morgan fingerprint density at radius 1 is 0.963 bits per heavy atom. The van der Waals surface area contributed by atoms with Crippen molar-refractivity contribution in [2.45, 2.75) is 42.3 Å². The minimum atomic E-state index is -4.61. The molecule has 156 valence electrons. The van der Waals surface area contributed by atoms with Gasteiger partial charge in [0.15, 0.2) is 4.90 Å². The molecule has 0 saturated heterocycles. The number of rotatable bonds is 10. The lowest BCUT2D eigenvalue weighted by Gasteiger charge is -2.15. The van der Waals surface area contributed by atoms with E-state index in [0.717, 1.165) is 12.1 Å². The number of benzene rings is 1. The van der Waals surface area contributed by atoms with Gasteiger partial charge in [0, 0.05) is 11.8 Å². The molecule has 0 bridgehead atoms. The summed E-state index contributed by atoms with van der Waals surface area (Å²) >= 11 is 9.27. The van der Waals surface area contributed by atoms with Crippen molar-refractivity contribution in [1.82, 2.24) is 0 Å². The van der Waals surface area contributed by atoms with Gasteiger partial charge in [-0.25, -0.2) is 0 Å². The lowest BCUT2D eigenvalue weighted by Crippen LogP contribution is -2.23. The van der Waals surface area contributed by atoms with Gasteiger partial charge in [0.25, 0.3) is 0 Å². The summed E-state index contributed by atoms with van der Waals surface area (Å²) in [6, 6.07) is 2.28. The van der Waals surface area contributed by atoms with E-state index in [1.54, 1.807) is 0 Å². The summed E-state index contributed by atoms with van der Waals surface area (Å²) in [4.78, 5) is -0.224. The van der Waals surface area contributed by atoms with E-state index in [1.165, 1.54) is 0 Å². The first kappa shape index (κ1) is 24.9. The highest BCUT2D eigenvalue weighted by molar-refractivity contribution is 8.00. The Bertz CT molecular complexity index is 599. The Morgan fingerprint density at radius 3 is 2.19 bits per heavy atom. The average molecular weight is 477 g/mol. The highest BCUT2D eigenvalue weighted by atomic mass is 35.5. The molecule has 0 aliphatic rings. The minimum absolute atomic E-state index is 0.0122. The smallest absolute Gasteiger partial charge is 0.441 e. The summed E-state index contributed by atoms with van der Waals surface area (Å²) < 4.78 is 90.2. The van der Waals surface area contributed by atoms with Gasteiger partial charge >= 0.3 is 11.7 Å². The molecule has 0 aromatic heterocycles. The molecule has 0 aliphatic heterocycles. The van der Waals surface area contributed by atoms with E-state index in [-0.39, 0.29) is 44.8 Å². The van der Waals surface area contributed by atoms with Crippen LogP contribution in [-0.4, -0.2) is 34.3 Å². The highest BCUT2D eigenvalue weighted by Crippen LogP contribution is 2.36. The molecule has 0 spiro atoms. The van der Waals surface area contributed by atoms with Crippen LogP contribution in [-0.2, 0) is 11.2 Å². The number of halogens is 8. The molecule has 2 nitrogen and oxygen atoms in total. The van der Waals surface area contributed by atoms with Crippen molar-refractivity contribution in [3.63, 3.8) is 0 Å². The van der Waals surface area contributed by atoms with E-state index >= 15 is 0 Å². The zero-order chi connectivity index (χ0) is 20.7. The molecule has 1 atom stereocenters. The van der Waals surface area contributed by atoms with Crippen molar-refractivity contribution in [2.75, 3.05) is 18.1 Å². The lowest BCUT2D eigenvalue weighted by atomic mass is 10.2. The van der Waals surface area contributed by atoms with E-state index in [2.05, 4.69) is 0 Å². The second-order valence-corrected chi connectivity index (χ2v) is 8.77. The third-order valence-electron chi connectivity index (χ3n) is 3.09. The molecular formula is C15H16Cl2F6O2S2. The van der Waals surface area contributed by atoms with Crippen LogP contribution in [0.5, 0.6) is 5.75 Å². The molecule has 1 aromatic carbocycles. The number of hydrogen-bond acceptors (Lipinski definition) is 3. The van der Waals surface area contributed by atoms with Gasteiger partial charge in [-0.1, -0.05) is 47.8 Å². The zero-order valence-corrected chi connectivity index (χ0v) is 16.9. The van der Waals surface area contributed by atoms with Crippen molar-refractivity contribution in [3.8, 4) is 5.75 Å². The van der Waals surface area contributed by atoms with E-state index in [9.17, 15) is 30.9 Å². The van der Waals surface area contributed by atoms with Gasteiger partial charge in [0.2, 0.25) is 5.75 Å². The Labute approximate surface area is 170 Å². The highest BCUT2D eigenvalue weighted by Gasteiger charge is 2.36. The van der Waals surface area contributed by atoms with Crippen molar-refractivity contribution in [2.24, 2.45) is 0 Å². The van der Waals surface area contributed by atoms with E-state index in [1.807, 2.05) is 0 Å². The lowest BCUT2D eigenvalue weighted by molar-refractivity contribution is -0.106. The maximum Gasteiger partial charge on any atom is 0.441 e. The number of alkyl halides is 6. The van der Waals surface area contributed by atoms with Crippen LogP contribution >= 0.6 is 35.0 Å². The first-order valence-electron chi connectivity index (χ1n) is 7.67. The molecule has 0 saturated carbocycles. The van der Waals surface area contributed by atoms with Gasteiger partial charge in [-0.15, -0.1) is 0 Å². The third kappa shape index (κ3) is 10.8. The van der Waals surface area contributed by atoms with Crippen LogP contribution in [0.1, 0.15) is 25.7 Å². The Kier molecular flexibility index (Phi) is 10.3. The summed E-state index contributed by atoms with van der Waals surface area (Å²) in [5, 5.41) is -0.0913. The van der Waals surface area contributed by atoms with Gasteiger partial charge in [-0.05, 0) is 30.1 Å². The van der Waals surface area contributed by atoms with Crippen LogP contribution in [0.2, 0.25) is 10.0 Å². The van der Waals surface area contributed by atoms with Gasteiger partial charge in [0.05, 0.1) is 16.7 Å². The molecule has 0 aliphatic carbocycles. The fourth-order valence-electron chi connectivity index (χ4n) is 1.95. The summed E-state index contributed by atoms with van der Waals surface area (Å²) in [5.41, 5.74) is -4.22. The van der Waals surface area contributed by atoms with Crippen LogP contribution in [0.25, 0.3) is 0 Å². The maximum absolute atomic E-state index is 12.4. The number of thioether (sulfide) groups is 1. The number of hydrogen-bond donors (Lipinski definition) is 0. The molecule has 0 amide bonds. The van der Waals surface area contributed by atoms with Crippen LogP contribution in [0.3, 0.4) is 0 Å². The molecule has 0 N–H and O–H groups in total. The van der Waals surface area contributed by atoms with Gasteiger partial charge in [-0.3, -0.25) is 0 Å². The first-order chi connectivity index (χ1) is 12.4. The first-order valence-corrected chi connectivity index (χ1v) is 10.7. The molecule has 1 unspecified atom stereocenters. The summed E-state index contributed by atoms with van der Waals surface area (Å²) in [5.74, 6) is -1.50. The molecular weight excluding hydrogens is 461 g/mol. The SMILES string of the molecule is [O-][S+](CC(F)(F)F)c1cc(OCCCCCCSC(F)(F)F)c(Cl)cc1Cl. The maximum atomic E-state index is 12.4. The van der Waals surface area contributed by atoms with E-state index < -0.39 is 28.6 Å². The average Bonchev–Trinajstić information content (AvgIpc) is 2.48. The summed E-state index contributed by atoms with van der Waals surface area (Å²) in [7, 11) is 0. The Morgan fingerprint density at radius 2 is 1.59 bits per heavy atom. The fourth-order valence-corrected chi connectivity index (χ4v) is 4.19. The van der Waals surface area contributed by atoms with E-state index in [4.69, 9.17) is 27.9 Å². The van der Waals surface area contributed by atoms with Crippen LogP contribution in [0.4, 0.5) is 26.3 Å². The second kappa shape index (κ2) is 11.1. The predicted octanol–water partition coefficient (Wildman–Crippen LogP) is 6.86. The second-order valence-electron chi connectivity index (χ2n) is 5.37. The van der Waals surface area contributed by atoms with Crippen molar-refractivity contribution in [3.05, 3.63) is 22.2 Å². The summed E-state index contributed by atoms with van der Waals surface area (Å²) in [6.45, 7) is 0.166. The Hall–Kier alpha value is -0.160. The van der Waals surface area contributed by atoms with Gasteiger partial charge in [0.1, 0.15) is 5.75 Å². The zero-order valence-electron chi connectivity index (χ0n) is 13.8. The van der Waals surface area contributed by atoms with Crippen LogP contribution < -0.4 is 4.74 Å². The molecule has 0 heterocycles. The monoisotopic (exact) mass is 476 g/mol. The van der Waals surface area contributed by atoms with Gasteiger partial charge in [-0.2, -0.15) is 26.3 Å². The summed E-state index contributed by atoms with van der Waals surface area (Å²) in [6.07, 6.45) is -2.47. The quantitative estimate of drug-likeness (QED) is 0.210. The van der Waals surface area contributed by atoms with Crippen LogP contribution in [0.15, 0.2) is 17.0 Å². The molecule has 1 aromatic rings. The fraction of sp³-hybridized carbons (Fsp3) is 0.600. The number of unbranched alkanes of at least 4 members (excludes halogenated alkanes) is 3. The topological polar surface area (TPSA) is 32.3 Å². The van der Waals surface area contributed by atoms with Crippen molar-refractivity contribution >= 4 is 46.1 Å². The Balaban J connectivity index is 2.45. The van der Waals surface area contributed by atoms with E-state index in [0.29, 0.717) is 25.7 Å². The standard InChI is InChI=1S/C15H16Cl2F6O2S2/c16-10-7-11(17)13(27(24)9-14(18,19)20)8-12(10)25-5-3-1-2-4-6-26-15(21,22)23/h7-8H,1-6,9H2. The van der Waals surface area contributed by atoms with Crippen LogP contribution in [0, 0.1) is 0 Å². The van der Waals surface area contributed by atoms with Crippen molar-refractivity contribution < 1.29 is 35.6 Å². The minimum Gasteiger partial charge on any atom is -0.611 e.